The Balaban J connectivity index is 1.70. The molecule has 0 aromatic carbocycles. The lowest BCUT2D eigenvalue weighted by atomic mass is 10.1. The van der Waals surface area contributed by atoms with Crippen LogP contribution in [0.4, 0.5) is 4.79 Å². The first-order chi connectivity index (χ1) is 8.08. The summed E-state index contributed by atoms with van der Waals surface area (Å²) in [5.74, 6) is -0.109. The van der Waals surface area contributed by atoms with E-state index in [2.05, 4.69) is 10.6 Å². The molecule has 2 amide bonds. The average Bonchev–Trinajstić information content (AvgIpc) is 3.15. The number of carbonyl (C=O) groups is 2. The lowest BCUT2D eigenvalue weighted by Gasteiger charge is -2.18. The van der Waals surface area contributed by atoms with Crippen molar-refractivity contribution in [3.63, 3.8) is 0 Å². The molecule has 5 nitrogen and oxygen atoms in total. The Labute approximate surface area is 101 Å². The zero-order chi connectivity index (χ0) is 12.4. The molecule has 2 aliphatic rings. The van der Waals surface area contributed by atoms with Gasteiger partial charge in [-0.3, -0.25) is 4.79 Å². The van der Waals surface area contributed by atoms with Crippen LogP contribution in [-0.2, 0) is 4.79 Å². The molecule has 0 heterocycles. The van der Waals surface area contributed by atoms with Gasteiger partial charge in [0.2, 0.25) is 0 Å². The number of carboxylic acid groups (broad SMARTS) is 1. The van der Waals surface area contributed by atoms with Crippen LogP contribution in [0, 0.1) is 17.8 Å². The van der Waals surface area contributed by atoms with E-state index < -0.39 is 11.9 Å². The summed E-state index contributed by atoms with van der Waals surface area (Å²) < 4.78 is 0. The number of carbonyl (C=O) groups excluding carboxylic acids is 1. The van der Waals surface area contributed by atoms with Crippen LogP contribution < -0.4 is 10.6 Å². The number of nitrogens with one attached hydrogen (secondary N) is 2. The number of urea groups is 1. The highest BCUT2D eigenvalue weighted by Crippen LogP contribution is 2.44. The largest absolute Gasteiger partial charge is 0.481 e. The normalized spacial score (nSPS) is 21.1. The van der Waals surface area contributed by atoms with Crippen LogP contribution in [0.2, 0.25) is 0 Å². The first-order valence-electron chi connectivity index (χ1n) is 6.35. The topological polar surface area (TPSA) is 78.4 Å². The highest BCUT2D eigenvalue weighted by Gasteiger charge is 2.42. The predicted molar refractivity (Wildman–Crippen MR) is 62.6 cm³/mol. The average molecular weight is 240 g/mol. The number of hydrogen-bond donors (Lipinski definition) is 3. The molecular formula is C12H20N2O3. The van der Waals surface area contributed by atoms with E-state index in [1.165, 1.54) is 25.7 Å². The van der Waals surface area contributed by atoms with Gasteiger partial charge in [0.25, 0.3) is 0 Å². The third-order valence-electron chi connectivity index (χ3n) is 3.55. The van der Waals surface area contributed by atoms with Gasteiger partial charge in [0, 0.05) is 12.6 Å². The summed E-state index contributed by atoms with van der Waals surface area (Å²) in [5, 5.41) is 14.3. The van der Waals surface area contributed by atoms with Gasteiger partial charge in [-0.2, -0.15) is 0 Å². The third kappa shape index (κ3) is 3.61. The molecule has 1 unspecified atom stereocenters. The van der Waals surface area contributed by atoms with Crippen molar-refractivity contribution in [2.75, 3.05) is 6.54 Å². The van der Waals surface area contributed by atoms with Crippen LogP contribution in [0.15, 0.2) is 0 Å². The van der Waals surface area contributed by atoms with Gasteiger partial charge >= 0.3 is 12.0 Å². The van der Waals surface area contributed by atoms with Crippen molar-refractivity contribution in [1.82, 2.24) is 10.6 Å². The number of carboxylic acids is 1. The molecule has 1 atom stereocenters. The quantitative estimate of drug-likeness (QED) is 0.652. The van der Waals surface area contributed by atoms with Crippen molar-refractivity contribution in [2.24, 2.45) is 17.8 Å². The summed E-state index contributed by atoms with van der Waals surface area (Å²) >= 11 is 0. The van der Waals surface area contributed by atoms with Crippen LogP contribution in [0.3, 0.4) is 0 Å². The lowest BCUT2D eigenvalue weighted by Crippen LogP contribution is -2.45. The lowest BCUT2D eigenvalue weighted by molar-refractivity contribution is -0.140. The zero-order valence-electron chi connectivity index (χ0n) is 10.1. The van der Waals surface area contributed by atoms with Crippen molar-refractivity contribution in [2.45, 2.75) is 38.6 Å². The van der Waals surface area contributed by atoms with Crippen LogP contribution in [0.5, 0.6) is 0 Å². The van der Waals surface area contributed by atoms with Gasteiger partial charge in [-0.25, -0.2) is 4.79 Å². The highest BCUT2D eigenvalue weighted by atomic mass is 16.4. The summed E-state index contributed by atoms with van der Waals surface area (Å²) in [6.45, 7) is 1.77. The van der Waals surface area contributed by atoms with Crippen molar-refractivity contribution >= 4 is 12.0 Å². The minimum absolute atomic E-state index is 0.184. The number of amides is 2. The molecule has 17 heavy (non-hydrogen) atoms. The van der Waals surface area contributed by atoms with Gasteiger partial charge in [0.1, 0.15) is 0 Å². The Morgan fingerprint density at radius 1 is 1.24 bits per heavy atom. The van der Waals surface area contributed by atoms with E-state index in [4.69, 9.17) is 5.11 Å². The van der Waals surface area contributed by atoms with Crippen molar-refractivity contribution in [3.05, 3.63) is 0 Å². The van der Waals surface area contributed by atoms with Crippen molar-refractivity contribution in [1.29, 1.82) is 0 Å². The highest BCUT2D eigenvalue weighted by molar-refractivity contribution is 5.76. The van der Waals surface area contributed by atoms with Gasteiger partial charge in [0.15, 0.2) is 0 Å². The summed E-state index contributed by atoms with van der Waals surface area (Å²) in [4.78, 5) is 22.2. The van der Waals surface area contributed by atoms with Crippen molar-refractivity contribution < 1.29 is 14.7 Å². The molecule has 0 bridgehead atoms. The van der Waals surface area contributed by atoms with E-state index in [0.717, 1.165) is 0 Å². The van der Waals surface area contributed by atoms with E-state index in [1.54, 1.807) is 6.92 Å². The maximum atomic E-state index is 11.6. The van der Waals surface area contributed by atoms with Crippen molar-refractivity contribution in [3.8, 4) is 0 Å². The maximum Gasteiger partial charge on any atom is 0.315 e. The van der Waals surface area contributed by atoms with Gasteiger partial charge in [-0.15, -0.1) is 0 Å². The minimum atomic E-state index is -0.883. The zero-order valence-corrected chi connectivity index (χ0v) is 10.1. The fourth-order valence-electron chi connectivity index (χ4n) is 2.07. The molecule has 2 fully saturated rings. The maximum absolute atomic E-state index is 11.6. The standard InChI is InChI=1S/C12H20N2O3/c1-7(11(15)16)6-13-12(17)14-10(8-2-3-8)9-4-5-9/h7-10H,2-6H2,1H3,(H,15,16)(H2,13,14,17). The second-order valence-corrected chi connectivity index (χ2v) is 5.29. The Hall–Kier alpha value is -1.26. The van der Waals surface area contributed by atoms with Crippen LogP contribution >= 0.6 is 0 Å². The fraction of sp³-hybridized carbons (Fsp3) is 0.833. The molecule has 0 radical (unpaired) electrons. The molecule has 2 rings (SSSR count). The van der Waals surface area contributed by atoms with Crippen LogP contribution in [0.1, 0.15) is 32.6 Å². The molecule has 5 heteroatoms. The second kappa shape index (κ2) is 4.94. The second-order valence-electron chi connectivity index (χ2n) is 5.29. The number of rotatable bonds is 6. The van der Waals surface area contributed by atoms with E-state index in [1.807, 2.05) is 0 Å². The third-order valence-corrected chi connectivity index (χ3v) is 3.55. The Kier molecular flexibility index (Phi) is 3.54. The molecule has 96 valence electrons. The van der Waals surface area contributed by atoms with Gasteiger partial charge < -0.3 is 15.7 Å². The Morgan fingerprint density at radius 3 is 2.18 bits per heavy atom. The number of aliphatic carboxylic acids is 1. The summed E-state index contributed by atoms with van der Waals surface area (Å²) in [5.41, 5.74) is 0. The van der Waals surface area contributed by atoms with E-state index in [0.29, 0.717) is 17.9 Å². The molecule has 0 saturated heterocycles. The Morgan fingerprint density at radius 2 is 1.76 bits per heavy atom. The van der Waals surface area contributed by atoms with Crippen LogP contribution in [-0.4, -0.2) is 29.7 Å². The molecule has 0 aromatic rings. The molecular weight excluding hydrogens is 220 g/mol. The molecule has 0 aliphatic heterocycles. The monoisotopic (exact) mass is 240 g/mol. The van der Waals surface area contributed by atoms with E-state index in [-0.39, 0.29) is 12.6 Å². The fourth-order valence-corrected chi connectivity index (χ4v) is 2.07. The first-order valence-corrected chi connectivity index (χ1v) is 6.35. The smallest absolute Gasteiger partial charge is 0.315 e. The van der Waals surface area contributed by atoms with E-state index in [9.17, 15) is 9.59 Å². The van der Waals surface area contributed by atoms with Gasteiger partial charge in [0.05, 0.1) is 5.92 Å². The first kappa shape index (κ1) is 12.2. The SMILES string of the molecule is CC(CNC(=O)NC(C1CC1)C1CC1)C(=O)O. The molecule has 2 aliphatic carbocycles. The minimum Gasteiger partial charge on any atom is -0.481 e. The Bertz CT molecular complexity index is 299. The summed E-state index contributed by atoms with van der Waals surface area (Å²) in [6, 6.07) is 0.0945. The molecule has 0 spiro atoms. The molecule has 3 N–H and O–H groups in total. The summed E-state index contributed by atoms with van der Waals surface area (Å²) in [6.07, 6.45) is 4.86. The molecule has 0 aromatic heterocycles. The summed E-state index contributed by atoms with van der Waals surface area (Å²) in [7, 11) is 0. The molecule has 2 saturated carbocycles. The van der Waals surface area contributed by atoms with Gasteiger partial charge in [-0.05, 0) is 37.5 Å². The number of hydrogen-bond acceptors (Lipinski definition) is 2. The van der Waals surface area contributed by atoms with E-state index >= 15 is 0 Å². The van der Waals surface area contributed by atoms with Crippen LogP contribution in [0.25, 0.3) is 0 Å². The van der Waals surface area contributed by atoms with Gasteiger partial charge in [-0.1, -0.05) is 6.92 Å². The predicted octanol–water partition coefficient (Wildman–Crippen LogP) is 1.19.